The van der Waals surface area contributed by atoms with Crippen molar-refractivity contribution < 1.29 is 27.8 Å². The molecule has 1 amide bonds. The van der Waals surface area contributed by atoms with Crippen LogP contribution in [0.15, 0.2) is 37.2 Å². The lowest BCUT2D eigenvalue weighted by Gasteiger charge is -2.16. The summed E-state index contributed by atoms with van der Waals surface area (Å²) in [6.45, 7) is 5.47. The molecule has 2 N–H and O–H groups in total. The predicted molar refractivity (Wildman–Crippen MR) is 151 cm³/mol. The monoisotopic (exact) mass is 577 g/mol. The second-order valence-corrected chi connectivity index (χ2v) is 9.50. The van der Waals surface area contributed by atoms with Crippen LogP contribution in [0, 0.1) is 23.5 Å². The highest BCUT2D eigenvalue weighted by molar-refractivity contribution is 6.01. The highest BCUT2D eigenvalue weighted by Crippen LogP contribution is 2.36. The molecule has 11 nitrogen and oxygen atoms in total. The van der Waals surface area contributed by atoms with Gasteiger partial charge in [-0.1, -0.05) is 12.5 Å². The Labute approximate surface area is 240 Å². The smallest absolute Gasteiger partial charge is 0.246 e. The first-order valence-corrected chi connectivity index (χ1v) is 13.0. The minimum Gasteiger partial charge on any atom is -0.493 e. The maximum absolute atomic E-state index is 15.1. The minimum absolute atomic E-state index is 0.129. The van der Waals surface area contributed by atoms with Gasteiger partial charge in [0.2, 0.25) is 5.91 Å². The van der Waals surface area contributed by atoms with E-state index in [1.807, 2.05) is 12.3 Å². The second-order valence-electron chi connectivity index (χ2n) is 9.50. The molecule has 1 aliphatic heterocycles. The van der Waals surface area contributed by atoms with E-state index in [1.54, 1.807) is 27.6 Å². The van der Waals surface area contributed by atoms with Crippen LogP contribution >= 0.6 is 0 Å². The van der Waals surface area contributed by atoms with Crippen LogP contribution in [0.5, 0.6) is 11.5 Å². The van der Waals surface area contributed by atoms with E-state index < -0.39 is 17.2 Å². The number of rotatable bonds is 8. The van der Waals surface area contributed by atoms with E-state index >= 15 is 8.78 Å². The van der Waals surface area contributed by atoms with Crippen LogP contribution in [0.25, 0.3) is 22.2 Å². The van der Waals surface area contributed by atoms with E-state index in [4.69, 9.17) is 25.0 Å². The fourth-order valence-corrected chi connectivity index (χ4v) is 4.94. The molecule has 0 saturated carbocycles. The molecule has 1 atom stereocenters. The van der Waals surface area contributed by atoms with Crippen molar-refractivity contribution in [3.63, 3.8) is 0 Å². The summed E-state index contributed by atoms with van der Waals surface area (Å²) in [5, 5.41) is 9.81. The Bertz CT molecular complexity index is 1710. The average Bonchev–Trinajstić information content (AvgIpc) is 3.75. The third-order valence-electron chi connectivity index (χ3n) is 7.07. The largest absolute Gasteiger partial charge is 0.493 e. The molecular formula is C29H29F2N7O4. The van der Waals surface area contributed by atoms with E-state index in [9.17, 15) is 4.79 Å². The van der Waals surface area contributed by atoms with Gasteiger partial charge in [0, 0.05) is 44.2 Å². The quantitative estimate of drug-likeness (QED) is 0.250. The highest BCUT2D eigenvalue weighted by atomic mass is 19.1. The fourth-order valence-electron chi connectivity index (χ4n) is 4.94. The van der Waals surface area contributed by atoms with E-state index in [0.717, 1.165) is 6.07 Å². The molecule has 1 aliphatic rings. The molecule has 0 spiro atoms. The average molecular weight is 578 g/mol. The number of hydrogen-bond donors (Lipinski definition) is 1. The van der Waals surface area contributed by atoms with E-state index in [1.165, 1.54) is 20.3 Å². The summed E-state index contributed by atoms with van der Waals surface area (Å²) in [4.78, 5) is 18.4. The van der Waals surface area contributed by atoms with Crippen LogP contribution in [0.3, 0.4) is 0 Å². The van der Waals surface area contributed by atoms with Gasteiger partial charge in [-0.3, -0.25) is 14.2 Å². The van der Waals surface area contributed by atoms with Gasteiger partial charge in [0.15, 0.2) is 23.1 Å². The number of halogens is 2. The van der Waals surface area contributed by atoms with Gasteiger partial charge in [0.25, 0.3) is 0 Å². The van der Waals surface area contributed by atoms with Crippen LogP contribution < -0.4 is 15.2 Å². The first-order valence-electron chi connectivity index (χ1n) is 13.0. The molecule has 0 radical (unpaired) electrons. The molecule has 42 heavy (non-hydrogen) atoms. The molecule has 4 aromatic rings. The molecule has 3 aromatic heterocycles. The summed E-state index contributed by atoms with van der Waals surface area (Å²) in [7, 11) is 4.13. The maximum atomic E-state index is 15.1. The Hall–Kier alpha value is -4.96. The predicted octanol–water partition coefficient (Wildman–Crippen LogP) is 3.18. The zero-order valence-corrected chi connectivity index (χ0v) is 23.4. The number of hydrogen-bond acceptors (Lipinski definition) is 8. The van der Waals surface area contributed by atoms with Gasteiger partial charge < -0.3 is 24.8 Å². The number of anilines is 1. The maximum Gasteiger partial charge on any atom is 0.246 e. The topological polar surface area (TPSA) is 123 Å². The van der Waals surface area contributed by atoms with Crippen LogP contribution in [0.1, 0.15) is 23.7 Å². The van der Waals surface area contributed by atoms with Crippen LogP contribution in [0.4, 0.5) is 14.6 Å². The SMILES string of the molecule is C=CC(=O)N1CC[C@H](n2nc(C#Cc3c(F)c(OC)cc(OC)c3F)c3c(N)ncc(-c4ccn(CCOC)n4)c32)C1. The Kier molecular flexibility index (Phi) is 8.08. The lowest BCUT2D eigenvalue weighted by Crippen LogP contribution is -2.27. The third-order valence-corrected chi connectivity index (χ3v) is 7.07. The Morgan fingerprint density at radius 2 is 1.93 bits per heavy atom. The van der Waals surface area contributed by atoms with Gasteiger partial charge in [-0.05, 0) is 24.5 Å². The number of likely N-dealkylation sites (tertiary alicyclic amines) is 1. The zero-order chi connectivity index (χ0) is 30.0. The number of carbonyl (C=O) groups is 1. The number of fused-ring (bicyclic) bond motifs is 1. The van der Waals surface area contributed by atoms with Gasteiger partial charge in [-0.2, -0.15) is 10.2 Å². The first-order chi connectivity index (χ1) is 20.3. The molecule has 4 heterocycles. The fraction of sp³-hybridized carbons (Fsp3) is 0.310. The molecule has 1 saturated heterocycles. The number of carbonyl (C=O) groups excluding carboxylic acids is 1. The van der Waals surface area contributed by atoms with Gasteiger partial charge >= 0.3 is 0 Å². The molecule has 0 aliphatic carbocycles. The van der Waals surface area contributed by atoms with E-state index in [-0.39, 0.29) is 35.0 Å². The number of pyridine rings is 1. The van der Waals surface area contributed by atoms with Crippen molar-refractivity contribution in [2.75, 3.05) is 46.8 Å². The molecule has 218 valence electrons. The number of benzene rings is 1. The van der Waals surface area contributed by atoms with Gasteiger partial charge in [0.1, 0.15) is 17.1 Å². The minimum atomic E-state index is -0.977. The molecule has 1 aromatic carbocycles. The number of aromatic nitrogens is 5. The summed E-state index contributed by atoms with van der Waals surface area (Å²) in [5.74, 6) is 2.90. The lowest BCUT2D eigenvalue weighted by atomic mass is 10.1. The summed E-state index contributed by atoms with van der Waals surface area (Å²) in [6, 6.07) is 2.70. The second kappa shape index (κ2) is 11.9. The van der Waals surface area contributed by atoms with Crippen molar-refractivity contribution in [2.45, 2.75) is 19.0 Å². The van der Waals surface area contributed by atoms with Crippen molar-refractivity contribution in [3.05, 3.63) is 60.1 Å². The molecule has 0 unspecified atom stereocenters. The number of nitrogens with two attached hydrogens (primary N) is 1. The van der Waals surface area contributed by atoms with E-state index in [0.29, 0.717) is 54.8 Å². The van der Waals surface area contributed by atoms with Crippen LogP contribution in [0.2, 0.25) is 0 Å². The summed E-state index contributed by atoms with van der Waals surface area (Å²) < 4.78 is 48.9. The van der Waals surface area contributed by atoms with Crippen LogP contribution in [-0.4, -0.2) is 76.4 Å². The Morgan fingerprint density at radius 3 is 2.60 bits per heavy atom. The summed E-state index contributed by atoms with van der Waals surface area (Å²) in [5.41, 5.74) is 7.80. The van der Waals surface area contributed by atoms with Crippen LogP contribution in [-0.2, 0) is 16.1 Å². The van der Waals surface area contributed by atoms with E-state index in [2.05, 4.69) is 28.5 Å². The number of amides is 1. The number of nitrogens with zero attached hydrogens (tertiary/aromatic N) is 6. The highest BCUT2D eigenvalue weighted by Gasteiger charge is 2.31. The Morgan fingerprint density at radius 1 is 1.19 bits per heavy atom. The van der Waals surface area contributed by atoms with Crippen molar-refractivity contribution >= 4 is 22.6 Å². The van der Waals surface area contributed by atoms with Gasteiger partial charge in [0.05, 0.1) is 50.0 Å². The zero-order valence-electron chi connectivity index (χ0n) is 23.4. The number of methoxy groups -OCH3 is 3. The van der Waals surface area contributed by atoms with Crippen molar-refractivity contribution in [1.82, 2.24) is 29.4 Å². The number of ether oxygens (including phenoxy) is 3. The summed E-state index contributed by atoms with van der Waals surface area (Å²) >= 11 is 0. The standard InChI is InChI=1S/C29H29F2N7O4/c1-5-24(39)36-10-8-17(16-36)38-28-19(20-9-11-37(34-20)12-13-40-2)15-33-29(32)25(28)21(35-38)7-6-18-26(30)22(41-3)14-23(42-4)27(18)31/h5,9,11,14-15,17H,1,8,10,12-13,16H2,2-4H3,(H2,32,33)/t17-/m0/s1. The normalized spacial score (nSPS) is 14.6. The summed E-state index contributed by atoms with van der Waals surface area (Å²) in [6.07, 6.45) is 5.29. The Balaban J connectivity index is 1.70. The van der Waals surface area contributed by atoms with Gasteiger partial charge in [-0.15, -0.1) is 0 Å². The molecule has 1 fully saturated rings. The first kappa shape index (κ1) is 28.6. The molecular weight excluding hydrogens is 548 g/mol. The third kappa shape index (κ3) is 5.12. The molecule has 13 heteroatoms. The van der Waals surface area contributed by atoms with Crippen molar-refractivity contribution in [2.24, 2.45) is 0 Å². The number of nitrogen functional groups attached to an aromatic ring is 1. The molecule has 5 rings (SSSR count). The van der Waals surface area contributed by atoms with Crippen molar-refractivity contribution in [3.8, 4) is 34.6 Å². The van der Waals surface area contributed by atoms with Gasteiger partial charge in [-0.25, -0.2) is 13.8 Å². The molecule has 0 bridgehead atoms. The van der Waals surface area contributed by atoms with Crippen molar-refractivity contribution in [1.29, 1.82) is 0 Å². The lowest BCUT2D eigenvalue weighted by molar-refractivity contribution is -0.125.